The van der Waals surface area contributed by atoms with Crippen LogP contribution in [0.5, 0.6) is 0 Å². The zero-order valence-corrected chi connectivity index (χ0v) is 12.6. The fourth-order valence-corrected chi connectivity index (χ4v) is 1.41. The van der Waals surface area contributed by atoms with Crippen LogP contribution in [0.2, 0.25) is 0 Å². The van der Waals surface area contributed by atoms with Gasteiger partial charge in [-0.3, -0.25) is 14.5 Å². The van der Waals surface area contributed by atoms with E-state index >= 15 is 0 Å². The first-order valence-electron chi connectivity index (χ1n) is 6.10. The highest BCUT2D eigenvalue weighted by atomic mass is 16.5. The summed E-state index contributed by atoms with van der Waals surface area (Å²) in [6.45, 7) is 0.423. The summed E-state index contributed by atoms with van der Waals surface area (Å²) in [6.07, 6.45) is 0.590. The van der Waals surface area contributed by atoms with Crippen molar-refractivity contribution in [2.24, 2.45) is 0 Å². The number of hydrogen-bond donors (Lipinski definition) is 1. The monoisotopic (exact) mass is 314 g/mol. The van der Waals surface area contributed by atoms with Crippen LogP contribution in [0.4, 0.5) is 17.8 Å². The number of anilines is 3. The van der Waals surface area contributed by atoms with Gasteiger partial charge < -0.3 is 19.5 Å². The van der Waals surface area contributed by atoms with Gasteiger partial charge in [-0.2, -0.15) is 15.0 Å². The van der Waals surface area contributed by atoms with E-state index in [9.17, 15) is 9.59 Å². The molecule has 22 heavy (non-hydrogen) atoms. The summed E-state index contributed by atoms with van der Waals surface area (Å²) < 4.78 is 14.9. The van der Waals surface area contributed by atoms with Gasteiger partial charge in [-0.15, -0.1) is 0 Å². The van der Waals surface area contributed by atoms with Gasteiger partial charge in [-0.25, -0.2) is 4.90 Å². The average Bonchev–Trinajstić information content (AvgIpc) is 2.54. The van der Waals surface area contributed by atoms with Gasteiger partial charge >= 0.3 is 0 Å². The minimum absolute atomic E-state index is 0.132. The highest BCUT2D eigenvalue weighted by Gasteiger charge is 2.16. The fraction of sp³-hybridized carbons (Fsp3) is 0.545. The molecule has 0 unspecified atom stereocenters. The predicted molar refractivity (Wildman–Crippen MR) is 76.2 cm³/mol. The maximum Gasteiger partial charge on any atom is 0.245 e. The molecule has 0 aliphatic carbocycles. The number of carbonyl (C=O) groups excluding carboxylic acids is 2. The van der Waals surface area contributed by atoms with Crippen LogP contribution >= 0.6 is 0 Å². The van der Waals surface area contributed by atoms with Gasteiger partial charge in [-0.1, -0.05) is 0 Å². The highest BCUT2D eigenvalue weighted by Crippen LogP contribution is 2.15. The molecule has 11 nitrogen and oxygen atoms in total. The first-order chi connectivity index (χ1) is 10.7. The number of aromatic nitrogens is 3. The maximum atomic E-state index is 10.9. The molecule has 0 saturated carbocycles. The molecule has 0 bridgehead atoms. The van der Waals surface area contributed by atoms with E-state index in [2.05, 4.69) is 20.3 Å². The minimum Gasteiger partial charge on any atom is -0.364 e. The Morgan fingerprint density at radius 3 is 2.05 bits per heavy atom. The Balaban J connectivity index is 3.19. The zero-order valence-electron chi connectivity index (χ0n) is 12.6. The number of carbonyl (C=O) groups is 2. The van der Waals surface area contributed by atoms with Crippen molar-refractivity contribution >= 4 is 30.7 Å². The van der Waals surface area contributed by atoms with Crippen LogP contribution in [0.1, 0.15) is 0 Å². The highest BCUT2D eigenvalue weighted by molar-refractivity contribution is 5.93. The lowest BCUT2D eigenvalue weighted by molar-refractivity contribution is -0.114. The summed E-state index contributed by atoms with van der Waals surface area (Å²) in [5.74, 6) is 0.166. The van der Waals surface area contributed by atoms with Crippen LogP contribution in [0, 0.1) is 0 Å². The van der Waals surface area contributed by atoms with Gasteiger partial charge in [0.2, 0.25) is 30.7 Å². The lowest BCUT2D eigenvalue weighted by Gasteiger charge is -2.21. The van der Waals surface area contributed by atoms with Gasteiger partial charge in [0.15, 0.2) is 0 Å². The van der Waals surface area contributed by atoms with E-state index in [0.717, 1.165) is 0 Å². The summed E-state index contributed by atoms with van der Waals surface area (Å²) in [5.41, 5.74) is 0. The number of nitrogens with zero attached hydrogens (tertiary/aromatic N) is 5. The van der Waals surface area contributed by atoms with E-state index in [0.29, 0.717) is 17.7 Å². The number of hydrogen-bond acceptors (Lipinski definition) is 10. The largest absolute Gasteiger partial charge is 0.364 e. The molecule has 1 rings (SSSR count). The molecule has 0 fully saturated rings. The summed E-state index contributed by atoms with van der Waals surface area (Å²) in [4.78, 5) is 36.1. The standard InChI is InChI=1S/C11H18N6O5/c1-20-4-12-9-13-10(16(5-18)6-19)15-11(14-9)17(7-21-2)8-22-3/h5-6H,4,7-8H2,1-3H3,(H,12,13,14,15). The van der Waals surface area contributed by atoms with Crippen molar-refractivity contribution in [3.63, 3.8) is 0 Å². The number of nitrogens with one attached hydrogen (secondary N) is 1. The number of amides is 2. The second kappa shape index (κ2) is 9.55. The first kappa shape index (κ1) is 17.7. The molecule has 11 heteroatoms. The third kappa shape index (κ3) is 4.87. The Kier molecular flexibility index (Phi) is 7.67. The van der Waals surface area contributed by atoms with Crippen LogP contribution in [0.15, 0.2) is 0 Å². The fourth-order valence-electron chi connectivity index (χ4n) is 1.41. The van der Waals surface area contributed by atoms with E-state index in [1.165, 1.54) is 26.2 Å². The van der Waals surface area contributed by atoms with Crippen LogP contribution in [-0.4, -0.2) is 69.3 Å². The summed E-state index contributed by atoms with van der Waals surface area (Å²) >= 11 is 0. The van der Waals surface area contributed by atoms with Crippen molar-refractivity contribution in [2.45, 2.75) is 0 Å². The SMILES string of the molecule is COCNc1nc(N(C=O)C=O)nc(N(COC)COC)n1. The van der Waals surface area contributed by atoms with Crippen molar-refractivity contribution < 1.29 is 23.8 Å². The van der Waals surface area contributed by atoms with Crippen molar-refractivity contribution in [2.75, 3.05) is 56.6 Å². The van der Waals surface area contributed by atoms with E-state index in [4.69, 9.17) is 14.2 Å². The van der Waals surface area contributed by atoms with E-state index in [-0.39, 0.29) is 38.0 Å². The summed E-state index contributed by atoms with van der Waals surface area (Å²) in [6, 6.07) is 0. The minimum atomic E-state index is -0.134. The molecule has 1 N–H and O–H groups in total. The Morgan fingerprint density at radius 1 is 0.955 bits per heavy atom. The van der Waals surface area contributed by atoms with Gasteiger partial charge in [-0.05, 0) is 0 Å². The molecule has 0 aromatic carbocycles. The lowest BCUT2D eigenvalue weighted by atomic mass is 10.7. The van der Waals surface area contributed by atoms with E-state index in [1.54, 1.807) is 0 Å². The molecule has 2 amide bonds. The number of methoxy groups -OCH3 is 3. The van der Waals surface area contributed by atoms with Gasteiger partial charge in [0, 0.05) is 21.3 Å². The molecule has 0 aliphatic heterocycles. The van der Waals surface area contributed by atoms with Gasteiger partial charge in [0.25, 0.3) is 0 Å². The number of ether oxygens (including phenoxy) is 3. The van der Waals surface area contributed by atoms with Crippen molar-refractivity contribution in [3.05, 3.63) is 0 Å². The topological polar surface area (TPSA) is 119 Å². The number of rotatable bonds is 11. The van der Waals surface area contributed by atoms with Crippen molar-refractivity contribution in [1.82, 2.24) is 15.0 Å². The molecule has 0 spiro atoms. The Bertz CT molecular complexity index is 474. The van der Waals surface area contributed by atoms with Gasteiger partial charge in [0.1, 0.15) is 20.2 Å². The van der Waals surface area contributed by atoms with Crippen molar-refractivity contribution in [1.29, 1.82) is 0 Å². The smallest absolute Gasteiger partial charge is 0.245 e. The van der Waals surface area contributed by atoms with Gasteiger partial charge in [0.05, 0.1) is 0 Å². The molecule has 1 aromatic rings. The molecule has 0 radical (unpaired) electrons. The molecule has 0 atom stereocenters. The van der Waals surface area contributed by atoms with Crippen LogP contribution in [0.25, 0.3) is 0 Å². The molecular formula is C11H18N6O5. The predicted octanol–water partition coefficient (Wildman–Crippen LogP) is -0.979. The molecule has 1 heterocycles. The van der Waals surface area contributed by atoms with Crippen molar-refractivity contribution in [3.8, 4) is 0 Å². The third-order valence-electron chi connectivity index (χ3n) is 2.30. The second-order valence-corrected chi connectivity index (χ2v) is 3.86. The van der Waals surface area contributed by atoms with Crippen LogP contribution in [0.3, 0.4) is 0 Å². The summed E-state index contributed by atoms with van der Waals surface area (Å²) in [7, 11) is 4.48. The third-order valence-corrected chi connectivity index (χ3v) is 2.30. The van der Waals surface area contributed by atoms with E-state index < -0.39 is 0 Å². The average molecular weight is 314 g/mol. The van der Waals surface area contributed by atoms with Crippen LogP contribution in [-0.2, 0) is 23.8 Å². The molecule has 1 aromatic heterocycles. The molecule has 122 valence electrons. The first-order valence-corrected chi connectivity index (χ1v) is 6.10. The Labute approximate surface area is 127 Å². The molecule has 0 aliphatic rings. The summed E-state index contributed by atoms with van der Waals surface area (Å²) in [5, 5.41) is 2.77. The normalized spacial score (nSPS) is 10.1. The van der Waals surface area contributed by atoms with Crippen LogP contribution < -0.4 is 15.1 Å². The zero-order chi connectivity index (χ0) is 16.4. The maximum absolute atomic E-state index is 10.9. The van der Waals surface area contributed by atoms with E-state index in [1.807, 2.05) is 0 Å². The molecule has 0 saturated heterocycles. The lowest BCUT2D eigenvalue weighted by Crippen LogP contribution is -2.31. The second-order valence-electron chi connectivity index (χ2n) is 3.86. The molecular weight excluding hydrogens is 296 g/mol. The Hall–Kier alpha value is -2.37. The quantitative estimate of drug-likeness (QED) is 0.403. The Morgan fingerprint density at radius 2 is 1.55 bits per heavy atom. The number of imide groups is 1.